The van der Waals surface area contributed by atoms with Crippen LogP contribution in [0.1, 0.15) is 5.56 Å². The van der Waals surface area contributed by atoms with E-state index < -0.39 is 10.0 Å². The first-order valence-corrected chi connectivity index (χ1v) is 10.1. The van der Waals surface area contributed by atoms with Gasteiger partial charge in [0, 0.05) is 32.7 Å². The number of hydrogen-bond donors (Lipinski definition) is 0. The SMILES string of the molecule is Cc1ccc(S(=O)(=O)N2CCN(CCOc3ccc(F)cc3)CC2)cc1. The van der Waals surface area contributed by atoms with E-state index in [0.717, 1.165) is 5.56 Å². The van der Waals surface area contributed by atoms with E-state index in [4.69, 9.17) is 4.74 Å². The molecule has 0 aromatic heterocycles. The van der Waals surface area contributed by atoms with Crippen LogP contribution in [0.15, 0.2) is 53.4 Å². The zero-order chi connectivity index (χ0) is 18.6. The minimum Gasteiger partial charge on any atom is -0.492 e. The lowest BCUT2D eigenvalue weighted by molar-refractivity contribution is 0.159. The van der Waals surface area contributed by atoms with Crippen LogP contribution in [0.5, 0.6) is 5.75 Å². The molecule has 0 saturated carbocycles. The van der Waals surface area contributed by atoms with Crippen LogP contribution in [0.25, 0.3) is 0 Å². The fourth-order valence-corrected chi connectivity index (χ4v) is 4.30. The molecule has 26 heavy (non-hydrogen) atoms. The van der Waals surface area contributed by atoms with Crippen molar-refractivity contribution in [3.05, 3.63) is 59.9 Å². The van der Waals surface area contributed by atoms with Gasteiger partial charge in [0.2, 0.25) is 10.0 Å². The zero-order valence-electron chi connectivity index (χ0n) is 14.8. The van der Waals surface area contributed by atoms with Crippen LogP contribution in [0.3, 0.4) is 0 Å². The first kappa shape index (κ1) is 18.8. The minimum atomic E-state index is -3.43. The maximum Gasteiger partial charge on any atom is 0.243 e. The molecule has 1 aliphatic heterocycles. The number of piperazine rings is 1. The third-order valence-corrected chi connectivity index (χ3v) is 6.39. The van der Waals surface area contributed by atoms with Crippen LogP contribution in [-0.4, -0.2) is 57.0 Å². The highest BCUT2D eigenvalue weighted by Gasteiger charge is 2.28. The first-order chi connectivity index (χ1) is 12.4. The van der Waals surface area contributed by atoms with E-state index in [0.29, 0.717) is 50.0 Å². The van der Waals surface area contributed by atoms with Crippen molar-refractivity contribution in [3.8, 4) is 5.75 Å². The van der Waals surface area contributed by atoms with Crippen molar-refractivity contribution in [2.75, 3.05) is 39.3 Å². The van der Waals surface area contributed by atoms with Gasteiger partial charge in [-0.1, -0.05) is 17.7 Å². The number of sulfonamides is 1. The molecule has 1 saturated heterocycles. The quantitative estimate of drug-likeness (QED) is 0.775. The van der Waals surface area contributed by atoms with Gasteiger partial charge in [-0.05, 0) is 43.3 Å². The maximum absolute atomic E-state index is 12.9. The normalized spacial score (nSPS) is 16.5. The van der Waals surface area contributed by atoms with Crippen LogP contribution in [0.2, 0.25) is 0 Å². The smallest absolute Gasteiger partial charge is 0.243 e. The number of nitrogens with zero attached hydrogens (tertiary/aromatic N) is 2. The summed E-state index contributed by atoms with van der Waals surface area (Å²) in [5, 5.41) is 0. The monoisotopic (exact) mass is 378 g/mol. The van der Waals surface area contributed by atoms with Crippen LogP contribution in [-0.2, 0) is 10.0 Å². The van der Waals surface area contributed by atoms with Crippen LogP contribution in [0, 0.1) is 12.7 Å². The number of rotatable bonds is 6. The number of ether oxygens (including phenoxy) is 1. The Morgan fingerprint density at radius 3 is 2.19 bits per heavy atom. The summed E-state index contributed by atoms with van der Waals surface area (Å²) in [4.78, 5) is 2.52. The van der Waals surface area contributed by atoms with Crippen molar-refractivity contribution >= 4 is 10.0 Å². The Hall–Kier alpha value is -1.96. The Bertz CT molecular complexity index is 815. The van der Waals surface area contributed by atoms with E-state index in [2.05, 4.69) is 4.90 Å². The molecule has 0 bridgehead atoms. The molecule has 1 aliphatic rings. The summed E-state index contributed by atoms with van der Waals surface area (Å²) in [6, 6.07) is 12.9. The summed E-state index contributed by atoms with van der Waals surface area (Å²) in [5.74, 6) is 0.343. The maximum atomic E-state index is 12.9. The lowest BCUT2D eigenvalue weighted by atomic mass is 10.2. The number of aryl methyl sites for hydroxylation is 1. The zero-order valence-corrected chi connectivity index (χ0v) is 15.6. The van der Waals surface area contributed by atoms with E-state index >= 15 is 0 Å². The van der Waals surface area contributed by atoms with Crippen LogP contribution in [0.4, 0.5) is 4.39 Å². The Morgan fingerprint density at radius 2 is 1.58 bits per heavy atom. The Morgan fingerprint density at radius 1 is 0.962 bits per heavy atom. The van der Waals surface area contributed by atoms with Crippen molar-refractivity contribution in [1.82, 2.24) is 9.21 Å². The lowest BCUT2D eigenvalue weighted by Gasteiger charge is -2.33. The molecular weight excluding hydrogens is 355 g/mol. The lowest BCUT2D eigenvalue weighted by Crippen LogP contribution is -2.49. The van der Waals surface area contributed by atoms with Crippen molar-refractivity contribution < 1.29 is 17.5 Å². The topological polar surface area (TPSA) is 49.9 Å². The number of benzene rings is 2. The highest BCUT2D eigenvalue weighted by molar-refractivity contribution is 7.89. The van der Waals surface area contributed by atoms with E-state index in [1.54, 1.807) is 24.3 Å². The van der Waals surface area contributed by atoms with Crippen LogP contribution < -0.4 is 4.74 Å². The summed E-state index contributed by atoms with van der Waals surface area (Å²) < 4.78 is 45.4. The second kappa shape index (κ2) is 8.16. The molecule has 1 heterocycles. The van der Waals surface area contributed by atoms with Gasteiger partial charge in [-0.3, -0.25) is 4.90 Å². The number of halogens is 1. The number of hydrogen-bond acceptors (Lipinski definition) is 4. The molecule has 0 amide bonds. The standard InChI is InChI=1S/C19H23FN2O3S/c1-16-2-8-19(9-3-16)26(23,24)22-12-10-21(11-13-22)14-15-25-18-6-4-17(20)5-7-18/h2-9H,10-15H2,1H3. The molecule has 0 aliphatic carbocycles. The van der Waals surface area contributed by atoms with E-state index in [-0.39, 0.29) is 5.82 Å². The summed E-state index contributed by atoms with van der Waals surface area (Å²) >= 11 is 0. The molecule has 3 rings (SSSR count). The molecule has 0 radical (unpaired) electrons. The van der Waals surface area contributed by atoms with E-state index in [9.17, 15) is 12.8 Å². The summed E-state index contributed by atoms with van der Waals surface area (Å²) in [7, 11) is -3.43. The molecule has 0 spiro atoms. The van der Waals surface area contributed by atoms with Gasteiger partial charge in [0.15, 0.2) is 0 Å². The molecule has 0 atom stereocenters. The van der Waals surface area contributed by atoms with Gasteiger partial charge in [-0.15, -0.1) is 0 Å². The summed E-state index contributed by atoms with van der Waals surface area (Å²) in [6.07, 6.45) is 0. The Kier molecular flexibility index (Phi) is 5.90. The predicted octanol–water partition coefficient (Wildman–Crippen LogP) is 2.52. The fraction of sp³-hybridized carbons (Fsp3) is 0.368. The van der Waals surface area contributed by atoms with Gasteiger partial charge >= 0.3 is 0 Å². The van der Waals surface area contributed by atoms with Crippen molar-refractivity contribution in [1.29, 1.82) is 0 Å². The molecule has 2 aromatic rings. The fourth-order valence-electron chi connectivity index (χ4n) is 2.88. The summed E-state index contributed by atoms with van der Waals surface area (Å²) in [5.41, 5.74) is 1.04. The molecule has 0 unspecified atom stereocenters. The van der Waals surface area contributed by atoms with Gasteiger partial charge in [0.25, 0.3) is 0 Å². The van der Waals surface area contributed by atoms with Gasteiger partial charge in [-0.25, -0.2) is 12.8 Å². The van der Waals surface area contributed by atoms with Gasteiger partial charge in [0.1, 0.15) is 18.2 Å². The third-order valence-electron chi connectivity index (χ3n) is 4.48. The van der Waals surface area contributed by atoms with Crippen molar-refractivity contribution in [3.63, 3.8) is 0 Å². The van der Waals surface area contributed by atoms with Gasteiger partial charge < -0.3 is 4.74 Å². The molecule has 7 heteroatoms. The molecule has 140 valence electrons. The average molecular weight is 378 g/mol. The largest absolute Gasteiger partial charge is 0.492 e. The van der Waals surface area contributed by atoms with E-state index in [1.165, 1.54) is 16.4 Å². The molecular formula is C19H23FN2O3S. The summed E-state index contributed by atoms with van der Waals surface area (Å²) in [6.45, 7) is 5.38. The van der Waals surface area contributed by atoms with Gasteiger partial charge in [-0.2, -0.15) is 4.31 Å². The van der Waals surface area contributed by atoms with Crippen LogP contribution >= 0.6 is 0 Å². The Labute approximate surface area is 154 Å². The molecule has 0 N–H and O–H groups in total. The second-order valence-corrected chi connectivity index (χ2v) is 8.30. The minimum absolute atomic E-state index is 0.289. The first-order valence-electron chi connectivity index (χ1n) is 8.63. The Balaban J connectivity index is 1.47. The molecule has 1 fully saturated rings. The van der Waals surface area contributed by atoms with Gasteiger partial charge in [0.05, 0.1) is 4.90 Å². The van der Waals surface area contributed by atoms with E-state index in [1.807, 2.05) is 19.1 Å². The molecule has 2 aromatic carbocycles. The average Bonchev–Trinajstić information content (AvgIpc) is 2.64. The highest BCUT2D eigenvalue weighted by Crippen LogP contribution is 2.18. The highest BCUT2D eigenvalue weighted by atomic mass is 32.2. The van der Waals surface area contributed by atoms with Crippen molar-refractivity contribution in [2.45, 2.75) is 11.8 Å². The van der Waals surface area contributed by atoms with Crippen molar-refractivity contribution in [2.24, 2.45) is 0 Å². The third kappa shape index (κ3) is 4.60. The predicted molar refractivity (Wildman–Crippen MR) is 98.3 cm³/mol. The molecule has 5 nitrogen and oxygen atoms in total. The second-order valence-electron chi connectivity index (χ2n) is 6.36.